The Hall–Kier alpha value is -1.29. The Balaban J connectivity index is 2.01. The van der Waals surface area contributed by atoms with E-state index in [0.29, 0.717) is 0 Å². The first-order valence-electron chi connectivity index (χ1n) is 5.19. The molecule has 0 aliphatic rings. The molecule has 3 aromatic rings. The van der Waals surface area contributed by atoms with Crippen LogP contribution in [0.3, 0.4) is 0 Å². The predicted molar refractivity (Wildman–Crippen MR) is 62.1 cm³/mol. The molecule has 0 atom stereocenters. The van der Waals surface area contributed by atoms with Gasteiger partial charge in [0.2, 0.25) is 0 Å². The van der Waals surface area contributed by atoms with Gasteiger partial charge in [0, 0.05) is 0 Å². The van der Waals surface area contributed by atoms with Gasteiger partial charge in [-0.05, 0) is 0 Å². The van der Waals surface area contributed by atoms with Crippen LogP contribution in [0.15, 0.2) is 60.8 Å². The molecule has 3 rings (SSSR count). The van der Waals surface area contributed by atoms with Crippen LogP contribution < -0.4 is 21.2 Å². The van der Waals surface area contributed by atoms with Gasteiger partial charge in [-0.3, -0.25) is 0 Å². The zero-order chi connectivity index (χ0) is 10.8. The summed E-state index contributed by atoms with van der Waals surface area (Å²) in [4.78, 5) is 3.34. The fourth-order valence-corrected chi connectivity index (χ4v) is 4.23. The predicted octanol–water partition coefficient (Wildman–Crippen LogP) is 0.296. The first kappa shape index (κ1) is 9.90. The average Bonchev–Trinajstić information content (AvgIpc) is 2.74. The first-order valence-corrected chi connectivity index (χ1v) is 7.35. The summed E-state index contributed by atoms with van der Waals surface area (Å²) in [7, 11) is 0. The number of hydrogen-bond donors (Lipinski definition) is 1. The van der Waals surface area contributed by atoms with E-state index in [1.807, 2.05) is 0 Å². The maximum absolute atomic E-state index is 3.34. The van der Waals surface area contributed by atoms with Gasteiger partial charge in [-0.2, -0.15) is 0 Å². The molecule has 0 aliphatic heterocycles. The normalized spacial score (nSPS) is 11.0. The van der Waals surface area contributed by atoms with Crippen LogP contribution in [0, 0.1) is 7.14 Å². The Morgan fingerprint density at radius 1 is 0.812 bits per heavy atom. The molecule has 1 aromatic heterocycles. The number of aromatic amines is 1. The van der Waals surface area contributed by atoms with Crippen LogP contribution in [0.5, 0.6) is 0 Å². The van der Waals surface area contributed by atoms with E-state index in [1.54, 1.807) is 0 Å². The summed E-state index contributed by atoms with van der Waals surface area (Å²) in [6.45, 7) is 0. The summed E-state index contributed by atoms with van der Waals surface area (Å²) >= 11 is -0.0672. The van der Waals surface area contributed by atoms with Crippen molar-refractivity contribution in [3.05, 3.63) is 67.9 Å². The molecular formula is C14H11IN-. The molecule has 16 heavy (non-hydrogen) atoms. The van der Waals surface area contributed by atoms with Crippen molar-refractivity contribution in [2.75, 3.05) is 0 Å². The second-order valence-electron chi connectivity index (χ2n) is 3.57. The van der Waals surface area contributed by atoms with Crippen LogP contribution in [0.1, 0.15) is 0 Å². The van der Waals surface area contributed by atoms with Crippen LogP contribution >= 0.6 is 0 Å². The van der Waals surface area contributed by atoms with Crippen LogP contribution in [-0.2, 0) is 0 Å². The third-order valence-corrected chi connectivity index (χ3v) is 5.30. The zero-order valence-corrected chi connectivity index (χ0v) is 10.8. The minimum absolute atomic E-state index is 0.0672. The molecular weight excluding hydrogens is 309 g/mol. The SMILES string of the molecule is c1ccc([I-]c2c[nH]c3ccccc23)cc1. The van der Waals surface area contributed by atoms with Gasteiger partial charge < -0.3 is 0 Å². The summed E-state index contributed by atoms with van der Waals surface area (Å²) in [6, 6.07) is 19.2. The molecule has 0 radical (unpaired) electrons. The molecule has 2 aromatic carbocycles. The summed E-state index contributed by atoms with van der Waals surface area (Å²) in [5.41, 5.74) is 1.24. The molecule has 0 saturated carbocycles. The molecule has 2 heteroatoms. The van der Waals surface area contributed by atoms with E-state index in [0.717, 1.165) is 0 Å². The molecule has 0 aliphatic carbocycles. The Labute approximate surface area is 105 Å². The minimum atomic E-state index is -0.0672. The average molecular weight is 320 g/mol. The fourth-order valence-electron chi connectivity index (χ4n) is 1.71. The van der Waals surface area contributed by atoms with E-state index >= 15 is 0 Å². The van der Waals surface area contributed by atoms with E-state index in [1.165, 1.54) is 18.0 Å². The van der Waals surface area contributed by atoms with Gasteiger partial charge in [-0.1, -0.05) is 0 Å². The van der Waals surface area contributed by atoms with Crippen LogP contribution in [0.4, 0.5) is 0 Å². The molecule has 1 heterocycles. The van der Waals surface area contributed by atoms with Gasteiger partial charge in [0.1, 0.15) is 0 Å². The quantitative estimate of drug-likeness (QED) is 0.654. The molecule has 0 spiro atoms. The molecule has 1 nitrogen and oxygen atoms in total. The third kappa shape index (κ3) is 1.85. The van der Waals surface area contributed by atoms with Crippen LogP contribution in [-0.4, -0.2) is 4.98 Å². The van der Waals surface area contributed by atoms with Crippen molar-refractivity contribution >= 4 is 10.9 Å². The molecule has 0 saturated heterocycles. The number of fused-ring (bicyclic) bond motifs is 1. The van der Waals surface area contributed by atoms with Gasteiger partial charge in [-0.25, -0.2) is 0 Å². The number of nitrogens with one attached hydrogen (secondary N) is 1. The molecule has 0 amide bonds. The van der Waals surface area contributed by atoms with Crippen LogP contribution in [0.2, 0.25) is 0 Å². The van der Waals surface area contributed by atoms with Crippen molar-refractivity contribution < 1.29 is 21.2 Å². The zero-order valence-electron chi connectivity index (χ0n) is 8.65. The van der Waals surface area contributed by atoms with E-state index < -0.39 is 0 Å². The number of para-hydroxylation sites is 1. The topological polar surface area (TPSA) is 15.8 Å². The summed E-state index contributed by atoms with van der Waals surface area (Å²) in [5, 5.41) is 1.37. The second-order valence-corrected chi connectivity index (χ2v) is 6.52. The van der Waals surface area contributed by atoms with Crippen molar-refractivity contribution in [2.24, 2.45) is 0 Å². The van der Waals surface area contributed by atoms with E-state index in [2.05, 4.69) is 65.8 Å². The maximum atomic E-state index is 3.34. The Kier molecular flexibility index (Phi) is 2.66. The van der Waals surface area contributed by atoms with E-state index in [-0.39, 0.29) is 21.2 Å². The number of aromatic nitrogens is 1. The van der Waals surface area contributed by atoms with Gasteiger partial charge in [0.05, 0.1) is 0 Å². The van der Waals surface area contributed by atoms with Crippen molar-refractivity contribution in [1.82, 2.24) is 4.98 Å². The van der Waals surface area contributed by atoms with Crippen molar-refractivity contribution in [3.8, 4) is 0 Å². The summed E-state index contributed by atoms with van der Waals surface area (Å²) in [5.74, 6) is 0. The Bertz CT molecular complexity index is 598. The van der Waals surface area contributed by atoms with Crippen molar-refractivity contribution in [2.45, 2.75) is 0 Å². The van der Waals surface area contributed by atoms with Gasteiger partial charge in [-0.15, -0.1) is 0 Å². The third-order valence-electron chi connectivity index (χ3n) is 2.48. The first-order chi connectivity index (χ1) is 7.93. The number of rotatable bonds is 2. The Morgan fingerprint density at radius 3 is 2.44 bits per heavy atom. The van der Waals surface area contributed by atoms with Crippen molar-refractivity contribution in [3.63, 3.8) is 0 Å². The van der Waals surface area contributed by atoms with Crippen LogP contribution in [0.25, 0.3) is 10.9 Å². The number of halogens is 1. The molecule has 1 N–H and O–H groups in total. The number of benzene rings is 2. The van der Waals surface area contributed by atoms with E-state index in [9.17, 15) is 0 Å². The number of hydrogen-bond acceptors (Lipinski definition) is 0. The van der Waals surface area contributed by atoms with Gasteiger partial charge in [0.15, 0.2) is 0 Å². The molecule has 0 fully saturated rings. The summed E-state index contributed by atoms with van der Waals surface area (Å²) in [6.07, 6.45) is 2.16. The van der Waals surface area contributed by atoms with E-state index in [4.69, 9.17) is 0 Å². The molecule has 80 valence electrons. The standard InChI is InChI=1S/C14H11IN/c1-2-6-11(7-3-1)15-13-10-16-14-9-5-4-8-12(13)14/h1-10,16H/q-1. The molecule has 0 unspecified atom stereocenters. The second kappa shape index (κ2) is 4.29. The fraction of sp³-hybridized carbons (Fsp3) is 0. The van der Waals surface area contributed by atoms with Gasteiger partial charge >= 0.3 is 105 Å². The molecule has 0 bridgehead atoms. The van der Waals surface area contributed by atoms with Gasteiger partial charge in [0.25, 0.3) is 0 Å². The summed E-state index contributed by atoms with van der Waals surface area (Å²) < 4.78 is 2.94. The Morgan fingerprint density at radius 2 is 1.56 bits per heavy atom. The van der Waals surface area contributed by atoms with Crippen molar-refractivity contribution in [1.29, 1.82) is 0 Å². The monoisotopic (exact) mass is 320 g/mol. The number of H-pyrrole nitrogens is 1.